The van der Waals surface area contributed by atoms with Crippen molar-refractivity contribution in [3.63, 3.8) is 0 Å². The number of hydrazone groups is 1. The Kier molecular flexibility index (Phi) is 7.06. The Morgan fingerprint density at radius 2 is 1.76 bits per heavy atom. The first-order valence-corrected chi connectivity index (χ1v) is 9.11. The van der Waals surface area contributed by atoms with Crippen LogP contribution in [-0.4, -0.2) is 22.4 Å². The number of benzene rings is 2. The molecule has 0 atom stereocenters. The van der Waals surface area contributed by atoms with E-state index in [1.165, 1.54) is 12.1 Å². The molecule has 2 aromatic carbocycles. The first-order chi connectivity index (χ1) is 13.6. The van der Waals surface area contributed by atoms with Crippen molar-refractivity contribution < 1.29 is 14.5 Å². The van der Waals surface area contributed by atoms with E-state index in [1.807, 2.05) is 32.9 Å². The Bertz CT molecular complexity index is 995. The molecule has 0 aliphatic carbocycles. The average Bonchev–Trinajstić information content (AvgIpc) is 2.62. The van der Waals surface area contributed by atoms with E-state index in [-0.39, 0.29) is 28.6 Å². The summed E-state index contributed by atoms with van der Waals surface area (Å²) in [6.07, 6.45) is -0.00590. The van der Waals surface area contributed by atoms with Crippen LogP contribution in [0.15, 0.2) is 35.4 Å². The highest BCUT2D eigenvalue weighted by Crippen LogP contribution is 2.25. The van der Waals surface area contributed by atoms with Crippen molar-refractivity contribution in [1.82, 2.24) is 5.43 Å². The summed E-state index contributed by atoms with van der Waals surface area (Å²) in [5, 5.41) is 17.4. The van der Waals surface area contributed by atoms with Crippen LogP contribution in [-0.2, 0) is 4.79 Å². The van der Waals surface area contributed by atoms with E-state index in [0.717, 1.165) is 28.4 Å². The van der Waals surface area contributed by atoms with Crippen molar-refractivity contribution in [2.75, 3.05) is 5.32 Å². The standard InChI is InChI=1S/C20H21ClN4O4/c1-11-7-12(2)19(13(3)8-11)22-18(26)9-14(4)23-24-20(27)15-5-6-17(25(28)29)16(21)10-15/h5-8,10H,9H2,1-4H3,(H,22,26)(H,24,27)/b23-14+. The second-order valence-electron chi connectivity index (χ2n) is 6.71. The molecule has 0 spiro atoms. The third-order valence-electron chi connectivity index (χ3n) is 4.11. The van der Waals surface area contributed by atoms with Gasteiger partial charge in [0.2, 0.25) is 5.91 Å². The van der Waals surface area contributed by atoms with Gasteiger partial charge in [-0.15, -0.1) is 0 Å². The molecule has 0 saturated heterocycles. The van der Waals surface area contributed by atoms with Crippen molar-refractivity contribution in [2.24, 2.45) is 5.10 Å². The summed E-state index contributed by atoms with van der Waals surface area (Å²) in [4.78, 5) is 34.6. The van der Waals surface area contributed by atoms with Crippen LogP contribution in [0.2, 0.25) is 5.02 Å². The number of halogens is 1. The van der Waals surface area contributed by atoms with Crippen molar-refractivity contribution in [3.8, 4) is 0 Å². The molecule has 2 N–H and O–H groups in total. The van der Waals surface area contributed by atoms with Crippen LogP contribution in [0.4, 0.5) is 11.4 Å². The molecule has 0 aliphatic rings. The highest BCUT2D eigenvalue weighted by Gasteiger charge is 2.15. The van der Waals surface area contributed by atoms with E-state index in [4.69, 9.17) is 11.6 Å². The molecule has 0 aliphatic heterocycles. The average molecular weight is 417 g/mol. The van der Waals surface area contributed by atoms with E-state index in [2.05, 4.69) is 15.8 Å². The second kappa shape index (κ2) is 9.29. The van der Waals surface area contributed by atoms with Gasteiger partial charge in [0.1, 0.15) is 5.02 Å². The number of nitro groups is 1. The van der Waals surface area contributed by atoms with Gasteiger partial charge in [0.15, 0.2) is 0 Å². The predicted octanol–water partition coefficient (Wildman–Crippen LogP) is 4.31. The topological polar surface area (TPSA) is 114 Å². The first-order valence-electron chi connectivity index (χ1n) is 8.73. The summed E-state index contributed by atoms with van der Waals surface area (Å²) in [5.41, 5.74) is 6.35. The number of carbonyl (C=O) groups is 2. The fourth-order valence-electron chi connectivity index (χ4n) is 2.84. The number of rotatable bonds is 6. The SMILES string of the molecule is C/C(CC(=O)Nc1c(C)cc(C)cc1C)=N\NC(=O)c1ccc([N+](=O)[O-])c(Cl)c1. The van der Waals surface area contributed by atoms with Crippen molar-refractivity contribution in [2.45, 2.75) is 34.1 Å². The Morgan fingerprint density at radius 3 is 2.31 bits per heavy atom. The molecule has 8 nitrogen and oxygen atoms in total. The van der Waals surface area contributed by atoms with Gasteiger partial charge in [-0.1, -0.05) is 29.3 Å². The molecule has 0 bridgehead atoms. The van der Waals surface area contributed by atoms with Crippen LogP contribution in [0.3, 0.4) is 0 Å². The summed E-state index contributed by atoms with van der Waals surface area (Å²) in [5.74, 6) is -0.847. The fraction of sp³-hybridized carbons (Fsp3) is 0.250. The minimum Gasteiger partial charge on any atom is -0.325 e. The lowest BCUT2D eigenvalue weighted by molar-refractivity contribution is -0.384. The van der Waals surface area contributed by atoms with Crippen molar-refractivity contribution in [3.05, 3.63) is 67.7 Å². The third-order valence-corrected chi connectivity index (χ3v) is 4.42. The maximum atomic E-state index is 12.3. The van der Waals surface area contributed by atoms with E-state index < -0.39 is 10.8 Å². The zero-order chi connectivity index (χ0) is 21.7. The first kappa shape index (κ1) is 22.0. The number of nitrogens with zero attached hydrogens (tertiary/aromatic N) is 2. The van der Waals surface area contributed by atoms with Gasteiger partial charge in [-0.05, 0) is 51.0 Å². The van der Waals surface area contributed by atoms with Gasteiger partial charge in [0.25, 0.3) is 11.6 Å². The van der Waals surface area contributed by atoms with Crippen LogP contribution < -0.4 is 10.7 Å². The molecule has 0 aromatic heterocycles. The number of hydrogen-bond acceptors (Lipinski definition) is 5. The Morgan fingerprint density at radius 1 is 1.14 bits per heavy atom. The minimum atomic E-state index is -0.636. The molecule has 2 rings (SSSR count). The Labute approximate surface area is 173 Å². The largest absolute Gasteiger partial charge is 0.325 e. The number of carbonyl (C=O) groups excluding carboxylic acids is 2. The molecule has 0 fully saturated rings. The predicted molar refractivity (Wildman–Crippen MR) is 113 cm³/mol. The number of anilines is 1. The molecular formula is C20H21ClN4O4. The number of aryl methyl sites for hydroxylation is 3. The maximum absolute atomic E-state index is 12.3. The summed E-state index contributed by atoms with van der Waals surface area (Å²) in [6, 6.07) is 7.58. The molecule has 2 amide bonds. The van der Waals surface area contributed by atoms with Gasteiger partial charge in [-0.25, -0.2) is 5.43 Å². The van der Waals surface area contributed by atoms with Crippen molar-refractivity contribution >= 4 is 40.5 Å². The van der Waals surface area contributed by atoms with Gasteiger partial charge in [-0.3, -0.25) is 19.7 Å². The van der Waals surface area contributed by atoms with Crippen LogP contribution in [0.1, 0.15) is 40.4 Å². The quantitative estimate of drug-likeness (QED) is 0.415. The van der Waals surface area contributed by atoms with Crippen molar-refractivity contribution in [1.29, 1.82) is 0 Å². The number of amides is 2. The lowest BCUT2D eigenvalue weighted by Crippen LogP contribution is -2.22. The number of nitro benzene ring substituents is 1. The van der Waals surface area contributed by atoms with Gasteiger partial charge < -0.3 is 5.32 Å². The molecule has 29 heavy (non-hydrogen) atoms. The molecular weight excluding hydrogens is 396 g/mol. The zero-order valence-electron chi connectivity index (χ0n) is 16.5. The Hall–Kier alpha value is -3.26. The normalized spacial score (nSPS) is 11.1. The third kappa shape index (κ3) is 5.86. The van der Waals surface area contributed by atoms with Crippen LogP contribution >= 0.6 is 11.6 Å². The minimum absolute atomic E-state index is 0.00590. The molecule has 2 aromatic rings. The summed E-state index contributed by atoms with van der Waals surface area (Å²) < 4.78 is 0. The van der Waals surface area contributed by atoms with E-state index >= 15 is 0 Å². The molecule has 9 heteroatoms. The fourth-order valence-corrected chi connectivity index (χ4v) is 3.09. The van der Waals surface area contributed by atoms with E-state index in [9.17, 15) is 19.7 Å². The molecule has 0 saturated carbocycles. The summed E-state index contributed by atoms with van der Waals surface area (Å²) >= 11 is 5.80. The van der Waals surface area contributed by atoms with Gasteiger partial charge in [0, 0.05) is 23.0 Å². The van der Waals surface area contributed by atoms with Gasteiger partial charge in [-0.2, -0.15) is 5.10 Å². The lowest BCUT2D eigenvalue weighted by atomic mass is 10.0. The smallest absolute Gasteiger partial charge is 0.287 e. The highest BCUT2D eigenvalue weighted by molar-refractivity contribution is 6.33. The maximum Gasteiger partial charge on any atom is 0.287 e. The van der Waals surface area contributed by atoms with E-state index in [0.29, 0.717) is 5.71 Å². The van der Waals surface area contributed by atoms with Crippen LogP contribution in [0.25, 0.3) is 0 Å². The molecule has 0 heterocycles. The molecule has 0 unspecified atom stereocenters. The zero-order valence-corrected chi connectivity index (χ0v) is 17.3. The summed E-state index contributed by atoms with van der Waals surface area (Å²) in [6.45, 7) is 7.44. The monoisotopic (exact) mass is 416 g/mol. The summed E-state index contributed by atoms with van der Waals surface area (Å²) in [7, 11) is 0. The van der Waals surface area contributed by atoms with Gasteiger partial charge >= 0.3 is 0 Å². The lowest BCUT2D eigenvalue weighted by Gasteiger charge is -2.12. The Balaban J connectivity index is 1.99. The van der Waals surface area contributed by atoms with Crippen LogP contribution in [0.5, 0.6) is 0 Å². The van der Waals surface area contributed by atoms with Crippen LogP contribution in [0, 0.1) is 30.9 Å². The van der Waals surface area contributed by atoms with E-state index in [1.54, 1.807) is 6.92 Å². The number of nitrogens with one attached hydrogen (secondary N) is 2. The number of hydrogen-bond donors (Lipinski definition) is 2. The molecule has 0 radical (unpaired) electrons. The highest BCUT2D eigenvalue weighted by atomic mass is 35.5. The second-order valence-corrected chi connectivity index (χ2v) is 7.12. The van der Waals surface area contributed by atoms with Gasteiger partial charge in [0.05, 0.1) is 11.3 Å². The molecule has 152 valence electrons.